The lowest BCUT2D eigenvalue weighted by molar-refractivity contribution is 0.317. The second-order valence-corrected chi connectivity index (χ2v) is 5.33. The molecule has 2 N–H and O–H groups in total. The first-order chi connectivity index (χ1) is 9.64. The molecule has 0 saturated heterocycles. The van der Waals surface area contributed by atoms with Crippen LogP contribution in [-0.2, 0) is 0 Å². The number of rotatable bonds is 9. The van der Waals surface area contributed by atoms with Crippen molar-refractivity contribution in [1.29, 1.82) is 0 Å². The third kappa shape index (κ3) is 4.95. The van der Waals surface area contributed by atoms with Gasteiger partial charge in [-0.3, -0.25) is 0 Å². The first kappa shape index (κ1) is 16.7. The topological polar surface area (TPSA) is 38.5 Å². The lowest BCUT2D eigenvalue weighted by Crippen LogP contribution is -2.29. The van der Waals surface area contributed by atoms with Crippen LogP contribution in [0.1, 0.15) is 47.0 Å². The predicted octanol–water partition coefficient (Wildman–Crippen LogP) is 4.32. The van der Waals surface area contributed by atoms with Crippen molar-refractivity contribution in [2.24, 2.45) is 5.92 Å². The van der Waals surface area contributed by atoms with Crippen LogP contribution in [0, 0.1) is 5.92 Å². The average molecular weight is 278 g/mol. The molecule has 0 heterocycles. The Morgan fingerprint density at radius 1 is 1.10 bits per heavy atom. The molecule has 20 heavy (non-hydrogen) atoms. The number of hydrogen-bond donors (Lipinski definition) is 1. The average Bonchev–Trinajstić information content (AvgIpc) is 2.46. The Labute approximate surface area is 124 Å². The van der Waals surface area contributed by atoms with Crippen LogP contribution in [0.5, 0.6) is 5.75 Å². The standard InChI is InChI=1S/C17H30N2O/c1-5-9-20-17-11-15(18)10-16(12-17)19(8-4)13-14(6-2)7-3/h10-12,14H,5-9,13,18H2,1-4H3. The molecule has 114 valence electrons. The minimum atomic E-state index is 0.733. The molecule has 1 aromatic carbocycles. The van der Waals surface area contributed by atoms with Crippen molar-refractivity contribution in [2.45, 2.75) is 47.0 Å². The fraction of sp³-hybridized carbons (Fsp3) is 0.647. The molecule has 3 nitrogen and oxygen atoms in total. The lowest BCUT2D eigenvalue weighted by Gasteiger charge is -2.28. The van der Waals surface area contributed by atoms with E-state index in [1.165, 1.54) is 18.5 Å². The van der Waals surface area contributed by atoms with Gasteiger partial charge in [0.25, 0.3) is 0 Å². The third-order valence-electron chi connectivity index (χ3n) is 3.77. The molecule has 0 aliphatic carbocycles. The normalized spacial score (nSPS) is 10.8. The van der Waals surface area contributed by atoms with Crippen molar-refractivity contribution in [3.8, 4) is 5.75 Å². The predicted molar refractivity (Wildman–Crippen MR) is 88.6 cm³/mol. The van der Waals surface area contributed by atoms with Crippen molar-refractivity contribution in [2.75, 3.05) is 30.3 Å². The SMILES string of the molecule is CCCOc1cc(N)cc(N(CC)CC(CC)CC)c1. The van der Waals surface area contributed by atoms with E-state index in [0.717, 1.165) is 43.5 Å². The van der Waals surface area contributed by atoms with Crippen molar-refractivity contribution in [3.63, 3.8) is 0 Å². The monoisotopic (exact) mass is 278 g/mol. The molecule has 0 radical (unpaired) electrons. The van der Waals surface area contributed by atoms with Crippen molar-refractivity contribution in [1.82, 2.24) is 0 Å². The fourth-order valence-electron chi connectivity index (χ4n) is 2.37. The third-order valence-corrected chi connectivity index (χ3v) is 3.77. The Balaban J connectivity index is 2.87. The Kier molecular flexibility index (Phi) is 7.27. The Morgan fingerprint density at radius 2 is 1.80 bits per heavy atom. The van der Waals surface area contributed by atoms with Gasteiger partial charge in [-0.25, -0.2) is 0 Å². The fourth-order valence-corrected chi connectivity index (χ4v) is 2.37. The second-order valence-electron chi connectivity index (χ2n) is 5.33. The molecule has 0 fully saturated rings. The molecule has 0 spiro atoms. The van der Waals surface area contributed by atoms with Crippen molar-refractivity contribution >= 4 is 11.4 Å². The van der Waals surface area contributed by atoms with E-state index in [0.29, 0.717) is 0 Å². The molecule has 0 saturated carbocycles. The Hall–Kier alpha value is -1.38. The minimum absolute atomic E-state index is 0.733. The van der Waals surface area contributed by atoms with E-state index in [2.05, 4.69) is 38.7 Å². The minimum Gasteiger partial charge on any atom is -0.493 e. The zero-order chi connectivity index (χ0) is 15.0. The first-order valence-corrected chi connectivity index (χ1v) is 7.92. The van der Waals surface area contributed by atoms with Crippen LogP contribution in [0.15, 0.2) is 18.2 Å². The van der Waals surface area contributed by atoms with E-state index in [1.807, 2.05) is 12.1 Å². The highest BCUT2D eigenvalue weighted by atomic mass is 16.5. The number of hydrogen-bond acceptors (Lipinski definition) is 3. The zero-order valence-electron chi connectivity index (χ0n) is 13.5. The van der Waals surface area contributed by atoms with Gasteiger partial charge in [-0.05, 0) is 25.3 Å². The summed E-state index contributed by atoms with van der Waals surface area (Å²) in [4.78, 5) is 2.40. The zero-order valence-corrected chi connectivity index (χ0v) is 13.5. The van der Waals surface area contributed by atoms with Gasteiger partial charge < -0.3 is 15.4 Å². The summed E-state index contributed by atoms with van der Waals surface area (Å²) in [5.41, 5.74) is 7.96. The van der Waals surface area contributed by atoms with E-state index in [-0.39, 0.29) is 0 Å². The van der Waals surface area contributed by atoms with Crippen LogP contribution in [0.4, 0.5) is 11.4 Å². The van der Waals surface area contributed by atoms with Gasteiger partial charge in [0.1, 0.15) is 5.75 Å². The first-order valence-electron chi connectivity index (χ1n) is 7.92. The number of ether oxygens (including phenoxy) is 1. The van der Waals surface area contributed by atoms with Crippen LogP contribution in [0.3, 0.4) is 0 Å². The molecule has 0 bridgehead atoms. The second kappa shape index (κ2) is 8.72. The molecule has 0 aliphatic rings. The van der Waals surface area contributed by atoms with E-state index in [4.69, 9.17) is 10.5 Å². The summed E-state index contributed by atoms with van der Waals surface area (Å²) < 4.78 is 5.72. The summed E-state index contributed by atoms with van der Waals surface area (Å²) in [6, 6.07) is 6.06. The van der Waals surface area contributed by atoms with Gasteiger partial charge in [0.15, 0.2) is 0 Å². The maximum atomic E-state index is 6.01. The van der Waals surface area contributed by atoms with Gasteiger partial charge in [0.2, 0.25) is 0 Å². The summed E-state index contributed by atoms with van der Waals surface area (Å²) in [5, 5.41) is 0. The quantitative estimate of drug-likeness (QED) is 0.684. The Bertz CT molecular complexity index is 389. The van der Waals surface area contributed by atoms with Gasteiger partial charge >= 0.3 is 0 Å². The molecule has 0 unspecified atom stereocenters. The maximum absolute atomic E-state index is 6.01. The van der Waals surface area contributed by atoms with Crippen LogP contribution in [0.2, 0.25) is 0 Å². The number of benzene rings is 1. The molecule has 0 amide bonds. The number of nitrogens with two attached hydrogens (primary N) is 1. The van der Waals surface area contributed by atoms with Crippen LogP contribution < -0.4 is 15.4 Å². The van der Waals surface area contributed by atoms with Crippen LogP contribution in [-0.4, -0.2) is 19.7 Å². The van der Waals surface area contributed by atoms with E-state index >= 15 is 0 Å². The van der Waals surface area contributed by atoms with Crippen LogP contribution >= 0.6 is 0 Å². The highest BCUT2D eigenvalue weighted by Crippen LogP contribution is 2.27. The number of nitrogen functional groups attached to an aromatic ring is 1. The summed E-state index contributed by atoms with van der Waals surface area (Å²) in [7, 11) is 0. The number of nitrogens with zero attached hydrogens (tertiary/aromatic N) is 1. The molecule has 0 atom stereocenters. The smallest absolute Gasteiger partial charge is 0.123 e. The molecule has 1 rings (SSSR count). The summed E-state index contributed by atoms with van der Waals surface area (Å²) in [6.45, 7) is 11.6. The largest absolute Gasteiger partial charge is 0.493 e. The van der Waals surface area contributed by atoms with Crippen molar-refractivity contribution < 1.29 is 4.74 Å². The highest BCUT2D eigenvalue weighted by Gasteiger charge is 2.12. The van der Waals surface area contributed by atoms with Gasteiger partial charge in [-0.1, -0.05) is 33.6 Å². The molecule has 0 aromatic heterocycles. The van der Waals surface area contributed by atoms with Crippen molar-refractivity contribution in [3.05, 3.63) is 18.2 Å². The summed E-state index contributed by atoms with van der Waals surface area (Å²) in [6.07, 6.45) is 3.44. The summed E-state index contributed by atoms with van der Waals surface area (Å²) >= 11 is 0. The summed E-state index contributed by atoms with van der Waals surface area (Å²) in [5.74, 6) is 1.61. The van der Waals surface area contributed by atoms with E-state index in [9.17, 15) is 0 Å². The van der Waals surface area contributed by atoms with Gasteiger partial charge in [-0.15, -0.1) is 0 Å². The Morgan fingerprint density at radius 3 is 2.35 bits per heavy atom. The van der Waals surface area contributed by atoms with Gasteiger partial charge in [0.05, 0.1) is 6.61 Å². The van der Waals surface area contributed by atoms with Gasteiger partial charge in [0, 0.05) is 36.6 Å². The highest BCUT2D eigenvalue weighted by molar-refractivity contribution is 5.60. The maximum Gasteiger partial charge on any atom is 0.123 e. The van der Waals surface area contributed by atoms with Gasteiger partial charge in [-0.2, -0.15) is 0 Å². The van der Waals surface area contributed by atoms with E-state index in [1.54, 1.807) is 0 Å². The molecular weight excluding hydrogens is 248 g/mol. The molecule has 0 aliphatic heterocycles. The molecule has 3 heteroatoms. The molecular formula is C17H30N2O. The molecule has 1 aromatic rings. The lowest BCUT2D eigenvalue weighted by atomic mass is 10.0. The van der Waals surface area contributed by atoms with Crippen LogP contribution in [0.25, 0.3) is 0 Å². The number of anilines is 2. The van der Waals surface area contributed by atoms with E-state index < -0.39 is 0 Å².